The minimum absolute atomic E-state index is 0.212. The third-order valence-corrected chi connectivity index (χ3v) is 3.77. The van der Waals surface area contributed by atoms with Gasteiger partial charge in [-0.3, -0.25) is 0 Å². The molecule has 0 unspecified atom stereocenters. The largest absolute Gasteiger partial charge is 0.323 e. The van der Waals surface area contributed by atoms with E-state index in [4.69, 9.17) is 0 Å². The van der Waals surface area contributed by atoms with Crippen LogP contribution in [-0.4, -0.2) is 36.6 Å². The number of para-hydroxylation sites is 1. The van der Waals surface area contributed by atoms with Crippen molar-refractivity contribution in [1.82, 2.24) is 10.2 Å². The summed E-state index contributed by atoms with van der Waals surface area (Å²) < 4.78 is 13.4. The number of likely N-dealkylation sites (tertiary alicyclic amines) is 1. The quantitative estimate of drug-likeness (QED) is 0.795. The molecule has 0 spiro atoms. The fraction of sp³-hybridized carbons (Fsp3) is 0.462. The molecule has 2 aliphatic rings. The molecule has 3 rings (SSSR count). The summed E-state index contributed by atoms with van der Waals surface area (Å²) in [5.41, 5.74) is 0.243. The van der Waals surface area contributed by atoms with Gasteiger partial charge >= 0.3 is 6.03 Å². The second-order valence-corrected chi connectivity index (χ2v) is 4.92. The Morgan fingerprint density at radius 1 is 1.39 bits per heavy atom. The topological polar surface area (TPSA) is 44.4 Å². The Morgan fingerprint density at radius 3 is 3.00 bits per heavy atom. The van der Waals surface area contributed by atoms with E-state index < -0.39 is 5.82 Å². The summed E-state index contributed by atoms with van der Waals surface area (Å²) in [6.45, 7) is 2.51. The van der Waals surface area contributed by atoms with Crippen LogP contribution in [0.3, 0.4) is 0 Å². The van der Waals surface area contributed by atoms with Crippen molar-refractivity contribution >= 4 is 11.7 Å². The molecule has 0 radical (unpaired) electrons. The molecule has 2 fully saturated rings. The van der Waals surface area contributed by atoms with Crippen LogP contribution in [0, 0.1) is 11.7 Å². The number of hydrogen-bond donors (Lipinski definition) is 2. The van der Waals surface area contributed by atoms with Gasteiger partial charge in [-0.15, -0.1) is 0 Å². The van der Waals surface area contributed by atoms with E-state index in [1.807, 2.05) is 0 Å². The number of anilines is 1. The first-order chi connectivity index (χ1) is 8.74. The molecule has 18 heavy (non-hydrogen) atoms. The van der Waals surface area contributed by atoms with Crippen LogP contribution in [0.25, 0.3) is 0 Å². The number of halogens is 1. The van der Waals surface area contributed by atoms with Crippen molar-refractivity contribution in [3.8, 4) is 0 Å². The molecule has 2 heterocycles. The number of carbonyl (C=O) groups excluding carboxylic acids is 1. The fourth-order valence-electron chi connectivity index (χ4n) is 2.77. The van der Waals surface area contributed by atoms with Crippen LogP contribution in [0.5, 0.6) is 0 Å². The fourth-order valence-corrected chi connectivity index (χ4v) is 2.77. The van der Waals surface area contributed by atoms with Gasteiger partial charge in [0.2, 0.25) is 0 Å². The highest BCUT2D eigenvalue weighted by atomic mass is 19.1. The van der Waals surface area contributed by atoms with E-state index in [9.17, 15) is 9.18 Å². The van der Waals surface area contributed by atoms with E-state index in [0.29, 0.717) is 18.5 Å². The number of urea groups is 1. The van der Waals surface area contributed by atoms with E-state index in [2.05, 4.69) is 10.6 Å². The molecule has 2 atom stereocenters. The zero-order valence-electron chi connectivity index (χ0n) is 10.0. The zero-order valence-corrected chi connectivity index (χ0v) is 10.0. The number of rotatable bonds is 1. The van der Waals surface area contributed by atoms with Gasteiger partial charge in [0.05, 0.1) is 5.69 Å². The van der Waals surface area contributed by atoms with Crippen LogP contribution in [0.15, 0.2) is 24.3 Å². The van der Waals surface area contributed by atoms with Gasteiger partial charge in [-0.2, -0.15) is 0 Å². The maximum atomic E-state index is 13.4. The Labute approximate surface area is 105 Å². The Hall–Kier alpha value is -1.62. The predicted octanol–water partition coefficient (Wildman–Crippen LogP) is 1.65. The molecule has 1 aromatic carbocycles. The van der Waals surface area contributed by atoms with Crippen LogP contribution < -0.4 is 10.6 Å². The first-order valence-electron chi connectivity index (χ1n) is 6.28. The van der Waals surface area contributed by atoms with Crippen molar-refractivity contribution in [1.29, 1.82) is 0 Å². The highest BCUT2D eigenvalue weighted by Gasteiger charge is 2.37. The van der Waals surface area contributed by atoms with Crippen LogP contribution in [0.2, 0.25) is 0 Å². The van der Waals surface area contributed by atoms with Gasteiger partial charge < -0.3 is 15.5 Å². The van der Waals surface area contributed by atoms with E-state index >= 15 is 0 Å². The van der Waals surface area contributed by atoms with E-state index in [0.717, 1.165) is 19.5 Å². The van der Waals surface area contributed by atoms with Gasteiger partial charge in [0, 0.05) is 19.1 Å². The average Bonchev–Trinajstić information content (AvgIpc) is 2.92. The number of hydrogen-bond acceptors (Lipinski definition) is 2. The van der Waals surface area contributed by atoms with Crippen molar-refractivity contribution in [2.24, 2.45) is 5.92 Å². The Kier molecular flexibility index (Phi) is 2.91. The number of amides is 2. The van der Waals surface area contributed by atoms with Crippen LogP contribution in [0.1, 0.15) is 6.42 Å². The van der Waals surface area contributed by atoms with Gasteiger partial charge in [-0.1, -0.05) is 12.1 Å². The number of nitrogens with zero attached hydrogens (tertiary/aromatic N) is 1. The summed E-state index contributed by atoms with van der Waals surface area (Å²) >= 11 is 0. The van der Waals surface area contributed by atoms with Crippen LogP contribution >= 0.6 is 0 Å². The van der Waals surface area contributed by atoms with E-state index in [1.54, 1.807) is 23.1 Å². The molecule has 96 valence electrons. The van der Waals surface area contributed by atoms with Gasteiger partial charge in [0.1, 0.15) is 5.82 Å². The van der Waals surface area contributed by atoms with Gasteiger partial charge in [0.15, 0.2) is 0 Å². The lowest BCUT2D eigenvalue weighted by Crippen LogP contribution is -2.36. The molecule has 0 bridgehead atoms. The van der Waals surface area contributed by atoms with Crippen molar-refractivity contribution in [2.75, 3.05) is 25.0 Å². The Balaban J connectivity index is 1.64. The highest BCUT2D eigenvalue weighted by Crippen LogP contribution is 2.25. The molecule has 0 aliphatic carbocycles. The molecule has 2 aliphatic heterocycles. The molecule has 0 saturated carbocycles. The average molecular weight is 249 g/mol. The van der Waals surface area contributed by atoms with E-state index in [-0.39, 0.29) is 11.7 Å². The van der Waals surface area contributed by atoms with Crippen LogP contribution in [0.4, 0.5) is 14.9 Å². The summed E-state index contributed by atoms with van der Waals surface area (Å²) in [6, 6.07) is 6.43. The molecule has 2 N–H and O–H groups in total. The standard InChI is InChI=1S/C13H16FN3O/c14-10-3-1-2-4-11(10)16-13(18)17-7-9-5-6-15-12(9)8-17/h1-4,9,12,15H,5-8H2,(H,16,18)/t9-,12+/m1/s1. The molecule has 2 amide bonds. The third kappa shape index (κ3) is 2.06. The summed E-state index contributed by atoms with van der Waals surface area (Å²) in [4.78, 5) is 13.8. The second kappa shape index (κ2) is 4.57. The minimum Gasteiger partial charge on any atom is -0.323 e. The molecule has 4 nitrogen and oxygen atoms in total. The maximum absolute atomic E-state index is 13.4. The van der Waals surface area contributed by atoms with Crippen molar-refractivity contribution in [3.05, 3.63) is 30.1 Å². The smallest absolute Gasteiger partial charge is 0.321 e. The highest BCUT2D eigenvalue weighted by molar-refractivity contribution is 5.89. The van der Waals surface area contributed by atoms with Gasteiger partial charge in [-0.25, -0.2) is 9.18 Å². The monoisotopic (exact) mass is 249 g/mol. The Morgan fingerprint density at radius 2 is 2.22 bits per heavy atom. The molecular formula is C13H16FN3O. The minimum atomic E-state index is -0.400. The molecule has 1 aromatic rings. The second-order valence-electron chi connectivity index (χ2n) is 4.92. The molecule has 2 saturated heterocycles. The summed E-state index contributed by atoms with van der Waals surface area (Å²) in [7, 11) is 0. The van der Waals surface area contributed by atoms with Crippen LogP contribution in [-0.2, 0) is 0 Å². The maximum Gasteiger partial charge on any atom is 0.321 e. The lowest BCUT2D eigenvalue weighted by Gasteiger charge is -2.18. The first-order valence-corrected chi connectivity index (χ1v) is 6.28. The van der Waals surface area contributed by atoms with Crippen molar-refractivity contribution in [2.45, 2.75) is 12.5 Å². The van der Waals surface area contributed by atoms with Gasteiger partial charge in [0.25, 0.3) is 0 Å². The molecule has 0 aromatic heterocycles. The number of carbonyl (C=O) groups is 1. The lowest BCUT2D eigenvalue weighted by atomic mass is 10.1. The number of nitrogens with one attached hydrogen (secondary N) is 2. The van der Waals surface area contributed by atoms with Gasteiger partial charge in [-0.05, 0) is 31.0 Å². The normalized spacial score (nSPS) is 26.2. The molecule has 5 heteroatoms. The number of fused-ring (bicyclic) bond motifs is 1. The zero-order chi connectivity index (χ0) is 12.5. The van der Waals surface area contributed by atoms with Crippen molar-refractivity contribution < 1.29 is 9.18 Å². The predicted molar refractivity (Wildman–Crippen MR) is 66.9 cm³/mol. The van der Waals surface area contributed by atoms with Crippen molar-refractivity contribution in [3.63, 3.8) is 0 Å². The Bertz CT molecular complexity index is 453. The molecular weight excluding hydrogens is 233 g/mol. The number of benzene rings is 1. The summed E-state index contributed by atoms with van der Waals surface area (Å²) in [5.74, 6) is 0.153. The van der Waals surface area contributed by atoms with E-state index in [1.165, 1.54) is 6.07 Å². The lowest BCUT2D eigenvalue weighted by molar-refractivity contribution is 0.219. The SMILES string of the molecule is O=C(Nc1ccccc1F)N1C[C@H]2CCN[C@H]2C1. The first kappa shape index (κ1) is 11.5. The summed E-state index contributed by atoms with van der Waals surface area (Å²) in [5, 5.41) is 6.01. The third-order valence-electron chi connectivity index (χ3n) is 3.77. The summed E-state index contributed by atoms with van der Waals surface area (Å²) in [6.07, 6.45) is 1.12.